The molecule has 3 aliphatic rings. The summed E-state index contributed by atoms with van der Waals surface area (Å²) in [6.45, 7) is 0. The molecule has 0 atom stereocenters. The maximum Gasteiger partial charge on any atom is 0.0949 e. The second kappa shape index (κ2) is 5.99. The van der Waals surface area contributed by atoms with Gasteiger partial charge in [0, 0.05) is 0 Å². The monoisotopic (exact) mass is 332 g/mol. The minimum Gasteiger partial charge on any atom is -0.359 e. The molecule has 1 aliphatic heterocycles. The summed E-state index contributed by atoms with van der Waals surface area (Å²) in [5, 5.41) is 0. The summed E-state index contributed by atoms with van der Waals surface area (Å²) in [4.78, 5) is 0. The summed E-state index contributed by atoms with van der Waals surface area (Å²) >= 11 is 0. The van der Waals surface area contributed by atoms with Crippen molar-refractivity contribution >= 4 is 0 Å². The molecule has 1 heterocycles. The molecule has 2 aromatic carbocycles. The maximum atomic E-state index is 7.32. The molecule has 130 valence electrons. The molecular formula is C24H28O. The van der Waals surface area contributed by atoms with E-state index in [0.717, 1.165) is 0 Å². The molecule has 0 bridgehead atoms. The van der Waals surface area contributed by atoms with Crippen molar-refractivity contribution in [2.75, 3.05) is 0 Å². The highest BCUT2D eigenvalue weighted by Crippen LogP contribution is 2.56. The Morgan fingerprint density at radius 2 is 0.920 bits per heavy atom. The molecule has 1 nitrogen and oxygen atoms in total. The fourth-order valence-electron chi connectivity index (χ4n) is 5.70. The highest BCUT2D eigenvalue weighted by atomic mass is 16.5. The molecule has 2 fully saturated rings. The minimum atomic E-state index is -0.0782. The van der Waals surface area contributed by atoms with Crippen LogP contribution in [0.2, 0.25) is 0 Å². The number of benzene rings is 2. The van der Waals surface area contributed by atoms with Crippen LogP contribution in [0.5, 0.6) is 0 Å². The van der Waals surface area contributed by atoms with Gasteiger partial charge in [-0.05, 0) is 47.9 Å². The fourth-order valence-corrected chi connectivity index (χ4v) is 5.70. The molecule has 2 aliphatic carbocycles. The van der Waals surface area contributed by atoms with E-state index in [1.165, 1.54) is 86.5 Å². The van der Waals surface area contributed by atoms with E-state index in [1.807, 2.05) is 0 Å². The van der Waals surface area contributed by atoms with E-state index >= 15 is 0 Å². The van der Waals surface area contributed by atoms with E-state index in [2.05, 4.69) is 48.5 Å². The Bertz CT molecular complexity index is 698. The molecule has 0 saturated heterocycles. The van der Waals surface area contributed by atoms with Gasteiger partial charge in [0.2, 0.25) is 0 Å². The van der Waals surface area contributed by atoms with Crippen LogP contribution >= 0.6 is 0 Å². The van der Waals surface area contributed by atoms with Gasteiger partial charge in [-0.3, -0.25) is 0 Å². The third-order valence-corrected chi connectivity index (χ3v) is 6.84. The second-order valence-electron chi connectivity index (χ2n) is 8.30. The third-order valence-electron chi connectivity index (χ3n) is 6.84. The van der Waals surface area contributed by atoms with E-state index in [1.54, 1.807) is 0 Å². The van der Waals surface area contributed by atoms with Crippen LogP contribution in [0, 0.1) is 0 Å². The van der Waals surface area contributed by atoms with Crippen molar-refractivity contribution in [3.8, 4) is 11.1 Å². The summed E-state index contributed by atoms with van der Waals surface area (Å²) < 4.78 is 7.32. The van der Waals surface area contributed by atoms with Crippen LogP contribution in [-0.4, -0.2) is 0 Å². The number of hydrogen-bond donors (Lipinski definition) is 0. The van der Waals surface area contributed by atoms with Gasteiger partial charge in [-0.25, -0.2) is 0 Å². The summed E-state index contributed by atoms with van der Waals surface area (Å²) in [6, 6.07) is 18.2. The van der Waals surface area contributed by atoms with Gasteiger partial charge in [0.1, 0.15) is 0 Å². The molecule has 5 rings (SSSR count). The van der Waals surface area contributed by atoms with Crippen LogP contribution in [0.1, 0.15) is 75.3 Å². The molecule has 0 amide bonds. The van der Waals surface area contributed by atoms with Crippen molar-refractivity contribution in [1.29, 1.82) is 0 Å². The predicted molar refractivity (Wildman–Crippen MR) is 102 cm³/mol. The highest BCUT2D eigenvalue weighted by Gasteiger charge is 2.49. The zero-order valence-electron chi connectivity index (χ0n) is 15.1. The molecule has 25 heavy (non-hydrogen) atoms. The Morgan fingerprint density at radius 3 is 1.36 bits per heavy atom. The van der Waals surface area contributed by atoms with Gasteiger partial charge in [0.25, 0.3) is 0 Å². The molecule has 0 N–H and O–H groups in total. The average Bonchev–Trinajstić information content (AvgIpc) is 2.77. The third kappa shape index (κ3) is 2.39. The lowest BCUT2D eigenvalue weighted by atomic mass is 9.76. The van der Waals surface area contributed by atoms with E-state index < -0.39 is 0 Å². The van der Waals surface area contributed by atoms with Crippen LogP contribution in [0.4, 0.5) is 0 Å². The van der Waals surface area contributed by atoms with Crippen molar-refractivity contribution in [2.24, 2.45) is 0 Å². The topological polar surface area (TPSA) is 9.23 Å². The largest absolute Gasteiger partial charge is 0.359 e. The van der Waals surface area contributed by atoms with Gasteiger partial charge in [-0.15, -0.1) is 0 Å². The summed E-state index contributed by atoms with van der Waals surface area (Å²) in [7, 11) is 0. The van der Waals surface area contributed by atoms with Crippen LogP contribution in [0.15, 0.2) is 48.5 Å². The van der Waals surface area contributed by atoms with Crippen molar-refractivity contribution in [3.05, 3.63) is 59.7 Å². The predicted octanol–water partition coefficient (Wildman–Crippen LogP) is 6.70. The van der Waals surface area contributed by atoms with E-state index in [0.29, 0.717) is 0 Å². The van der Waals surface area contributed by atoms with Gasteiger partial charge in [-0.1, -0.05) is 87.1 Å². The van der Waals surface area contributed by atoms with Crippen molar-refractivity contribution in [2.45, 2.75) is 75.4 Å². The Morgan fingerprint density at radius 1 is 0.520 bits per heavy atom. The first-order valence-corrected chi connectivity index (χ1v) is 10.2. The maximum absolute atomic E-state index is 7.32. The first kappa shape index (κ1) is 15.6. The summed E-state index contributed by atoms with van der Waals surface area (Å²) in [5.41, 5.74) is 5.58. The molecule has 0 aromatic heterocycles. The first-order chi connectivity index (χ1) is 12.3. The summed E-state index contributed by atoms with van der Waals surface area (Å²) in [6.07, 6.45) is 12.6. The van der Waals surface area contributed by atoms with Crippen LogP contribution in [0.3, 0.4) is 0 Å². The molecule has 2 spiro atoms. The van der Waals surface area contributed by atoms with Gasteiger partial charge >= 0.3 is 0 Å². The Labute approximate surface area is 151 Å². The van der Waals surface area contributed by atoms with Crippen molar-refractivity contribution in [1.82, 2.24) is 0 Å². The highest BCUT2D eigenvalue weighted by molar-refractivity contribution is 5.74. The van der Waals surface area contributed by atoms with Crippen LogP contribution in [0.25, 0.3) is 11.1 Å². The standard InChI is InChI=1S/C24H28O/c1-7-15-23(16-8-1)21-13-5-3-11-19(21)20-12-4-6-14-22(20)24(25-23)17-9-2-10-18-24/h3-6,11-14H,1-2,7-10,15-18H2. The fraction of sp³-hybridized carbons (Fsp3) is 0.500. The smallest absolute Gasteiger partial charge is 0.0949 e. The Kier molecular flexibility index (Phi) is 3.74. The van der Waals surface area contributed by atoms with Crippen LogP contribution < -0.4 is 0 Å². The molecule has 2 saturated carbocycles. The average molecular weight is 332 g/mol. The zero-order chi connectivity index (χ0) is 16.7. The SMILES string of the molecule is c1ccc2c(c1)-c1ccccc1C1(CCCCC1)OC21CCCCC1. The summed E-state index contributed by atoms with van der Waals surface area (Å²) in [5.74, 6) is 0. The molecule has 0 unspecified atom stereocenters. The Hall–Kier alpha value is -1.60. The van der Waals surface area contributed by atoms with Crippen LogP contribution in [-0.2, 0) is 15.9 Å². The van der Waals surface area contributed by atoms with Gasteiger partial charge in [0.15, 0.2) is 0 Å². The van der Waals surface area contributed by atoms with E-state index in [-0.39, 0.29) is 11.2 Å². The second-order valence-corrected chi connectivity index (χ2v) is 8.30. The number of rotatable bonds is 0. The molecular weight excluding hydrogens is 304 g/mol. The van der Waals surface area contributed by atoms with Crippen molar-refractivity contribution in [3.63, 3.8) is 0 Å². The lowest BCUT2D eigenvalue weighted by Crippen LogP contribution is -2.42. The normalized spacial score (nSPS) is 23.7. The number of ether oxygens (including phenoxy) is 1. The quantitative estimate of drug-likeness (QED) is 0.521. The first-order valence-electron chi connectivity index (χ1n) is 10.2. The zero-order valence-corrected chi connectivity index (χ0v) is 15.1. The van der Waals surface area contributed by atoms with E-state index in [4.69, 9.17) is 4.74 Å². The van der Waals surface area contributed by atoms with Gasteiger partial charge < -0.3 is 4.74 Å². The number of hydrogen-bond acceptors (Lipinski definition) is 1. The molecule has 1 heteroatoms. The van der Waals surface area contributed by atoms with E-state index in [9.17, 15) is 0 Å². The lowest BCUT2D eigenvalue weighted by Gasteiger charge is -2.47. The molecule has 0 radical (unpaired) electrons. The molecule has 2 aromatic rings. The van der Waals surface area contributed by atoms with Gasteiger partial charge in [0.05, 0.1) is 11.2 Å². The minimum absolute atomic E-state index is 0.0782. The Balaban J connectivity index is 1.78. The number of fused-ring (bicyclic) bond motifs is 5. The van der Waals surface area contributed by atoms with Gasteiger partial charge in [-0.2, -0.15) is 0 Å². The lowest BCUT2D eigenvalue weighted by molar-refractivity contribution is -0.195. The van der Waals surface area contributed by atoms with Crippen molar-refractivity contribution < 1.29 is 4.74 Å².